The molecule has 0 spiro atoms. The zero-order valence-corrected chi connectivity index (χ0v) is 43.8. The number of hydrogen-bond donors (Lipinski definition) is 13. The number of aliphatic hydroxyl groups is 10. The molecule has 0 radical (unpaired) electrons. The number of aliphatic hydroxyl groups excluding tert-OH is 10. The molecule has 0 bridgehead atoms. The summed E-state index contributed by atoms with van der Waals surface area (Å²) in [6.45, 7) is 3.11. The van der Waals surface area contributed by atoms with E-state index in [0.29, 0.717) is 18.8 Å². The molecule has 0 aliphatic carbocycles. The van der Waals surface area contributed by atoms with Gasteiger partial charge in [0.25, 0.3) is 5.79 Å². The number of hydrogen-bond acceptors (Lipinski definition) is 17. The normalized spacial score (nSPS) is 26.8. The first-order valence-corrected chi connectivity index (χ1v) is 27.5. The van der Waals surface area contributed by atoms with Crippen molar-refractivity contribution in [2.75, 3.05) is 26.4 Å². The first kappa shape index (κ1) is 66.0. The molecule has 2 heterocycles. The number of carbonyl (C=O) groups excluding carboxylic acids is 2. The average molecular weight is 1040 g/mol. The second kappa shape index (κ2) is 37.6. The van der Waals surface area contributed by atoms with Gasteiger partial charge in [-0.1, -0.05) is 168 Å². The number of carboxylic acids is 1. The van der Waals surface area contributed by atoms with Crippen LogP contribution in [0.4, 0.5) is 0 Å². The van der Waals surface area contributed by atoms with Crippen LogP contribution < -0.4 is 10.6 Å². The third kappa shape index (κ3) is 24.7. The van der Waals surface area contributed by atoms with Crippen molar-refractivity contribution in [2.45, 2.75) is 279 Å². The van der Waals surface area contributed by atoms with E-state index >= 15 is 0 Å². The molecule has 2 saturated heterocycles. The number of amides is 2. The van der Waals surface area contributed by atoms with Crippen molar-refractivity contribution in [3.05, 3.63) is 0 Å². The summed E-state index contributed by atoms with van der Waals surface area (Å²) >= 11 is 0. The van der Waals surface area contributed by atoms with Crippen LogP contribution in [-0.4, -0.2) is 186 Å². The number of carbonyl (C=O) groups is 3. The van der Waals surface area contributed by atoms with Crippen molar-refractivity contribution in [1.82, 2.24) is 10.6 Å². The topological polar surface area (TPSA) is 335 Å². The van der Waals surface area contributed by atoms with E-state index in [4.69, 9.17) is 18.9 Å². The predicted molar refractivity (Wildman–Crippen MR) is 267 cm³/mol. The monoisotopic (exact) mass is 1040 g/mol. The Bertz CT molecular complexity index is 1430. The molecule has 0 saturated carbocycles. The number of unbranched alkanes of at least 4 members (excludes halogenated alkanes) is 21. The molecule has 20 nitrogen and oxygen atoms in total. The summed E-state index contributed by atoms with van der Waals surface area (Å²) in [5.74, 6) is -5.48. The molecule has 0 aromatic heterocycles. The lowest BCUT2D eigenvalue weighted by molar-refractivity contribution is -0.339. The van der Waals surface area contributed by atoms with Crippen LogP contribution in [0.2, 0.25) is 0 Å². The van der Waals surface area contributed by atoms with E-state index in [1.54, 1.807) is 0 Å². The Kier molecular flexibility index (Phi) is 34.4. The van der Waals surface area contributed by atoms with Crippen LogP contribution >= 0.6 is 0 Å². The molecular formula is C52H98N2O18. The van der Waals surface area contributed by atoms with E-state index < -0.39 is 136 Å². The van der Waals surface area contributed by atoms with Gasteiger partial charge in [0.05, 0.1) is 44.1 Å². The number of aliphatic carboxylic acids is 1. The number of carboxylic acid groups (broad SMARTS) is 1. The zero-order chi connectivity index (χ0) is 53.5. The van der Waals surface area contributed by atoms with Gasteiger partial charge < -0.3 is 85.8 Å². The first-order valence-electron chi connectivity index (χ1n) is 27.5. The Morgan fingerprint density at radius 3 is 1.68 bits per heavy atom. The molecule has 2 rings (SSSR count). The SMILES string of the molecule is CCCCCCCCCCCCCCCCCC(=O)N[C@@H](CO[C@@H]1O[C@H](CO[C@]2(C(=O)O)C[C@H](O)[C@@H](NC(=O)CO)[C@H](C(O)C(O)CO)O2)[C@@H](O)[C@H](O)[C@H]1O)[C@H](O)[C@H](O)CCCCCCCCCCC(C)C. The molecule has 2 unspecified atom stereocenters. The van der Waals surface area contributed by atoms with E-state index in [9.17, 15) is 70.6 Å². The van der Waals surface area contributed by atoms with Crippen LogP contribution in [0.5, 0.6) is 0 Å². The molecule has 2 fully saturated rings. The Balaban J connectivity index is 2.07. The third-order valence-corrected chi connectivity index (χ3v) is 14.1. The van der Waals surface area contributed by atoms with Gasteiger partial charge in [0.15, 0.2) is 6.29 Å². The summed E-state index contributed by atoms with van der Waals surface area (Å²) in [5.41, 5.74) is 0. The van der Waals surface area contributed by atoms with Gasteiger partial charge in [0, 0.05) is 12.8 Å². The van der Waals surface area contributed by atoms with Gasteiger partial charge in [0.1, 0.15) is 55.4 Å². The minimum absolute atomic E-state index is 0.148. The molecule has 2 aliphatic rings. The highest BCUT2D eigenvalue weighted by molar-refractivity contribution is 5.78. The fourth-order valence-electron chi connectivity index (χ4n) is 9.45. The minimum Gasteiger partial charge on any atom is -0.477 e. The Morgan fingerprint density at radius 2 is 1.18 bits per heavy atom. The second-order valence-electron chi connectivity index (χ2n) is 20.8. The maximum atomic E-state index is 13.3. The van der Waals surface area contributed by atoms with Gasteiger partial charge in [0.2, 0.25) is 11.8 Å². The third-order valence-electron chi connectivity index (χ3n) is 14.1. The number of rotatable bonds is 42. The van der Waals surface area contributed by atoms with Gasteiger partial charge in [-0.3, -0.25) is 9.59 Å². The lowest BCUT2D eigenvalue weighted by Gasteiger charge is -2.47. The van der Waals surface area contributed by atoms with E-state index in [1.807, 2.05) is 0 Å². The molecule has 20 heteroatoms. The van der Waals surface area contributed by atoms with Crippen LogP contribution in [0.25, 0.3) is 0 Å². The van der Waals surface area contributed by atoms with Crippen LogP contribution in [0.15, 0.2) is 0 Å². The summed E-state index contributed by atoms with van der Waals surface area (Å²) in [5, 5.41) is 121. The molecule has 424 valence electrons. The van der Waals surface area contributed by atoms with Gasteiger partial charge in [-0.15, -0.1) is 0 Å². The molecule has 72 heavy (non-hydrogen) atoms. The summed E-state index contributed by atoms with van der Waals surface area (Å²) in [6.07, 6.45) is 6.51. The Morgan fingerprint density at radius 1 is 0.667 bits per heavy atom. The zero-order valence-electron chi connectivity index (χ0n) is 43.8. The van der Waals surface area contributed by atoms with E-state index in [1.165, 1.54) is 89.9 Å². The summed E-state index contributed by atoms with van der Waals surface area (Å²) in [4.78, 5) is 38.1. The average Bonchev–Trinajstić information content (AvgIpc) is 3.35. The second-order valence-corrected chi connectivity index (χ2v) is 20.8. The summed E-state index contributed by atoms with van der Waals surface area (Å²) < 4.78 is 22.8. The van der Waals surface area contributed by atoms with Crippen molar-refractivity contribution in [1.29, 1.82) is 0 Å². The lowest BCUT2D eigenvalue weighted by atomic mass is 9.88. The van der Waals surface area contributed by atoms with Crippen molar-refractivity contribution >= 4 is 17.8 Å². The Hall–Kier alpha value is -2.15. The standard InChI is InChI=1S/C52H98N2O18/c1-4-5-6-7-8-9-10-11-12-13-14-15-20-23-26-29-41(60)53-36(44(62)37(57)28-25-22-19-17-16-18-21-24-27-35(2)3)33-69-50-48(66)47(65)46(64)40(71-50)34-70-52(51(67)68)30-38(58)43(54-42(61)32-56)49(72-52)45(63)39(59)31-55/h35-40,43-50,55-59,62-66H,4-34H2,1-3H3,(H,53,60)(H,54,61)(H,67,68)/t36-,37+,38-,39?,40+,43+,44-,45?,46+,47-,48+,49+,50+,52+/m0/s1. The quantitative estimate of drug-likeness (QED) is 0.0391. The number of nitrogens with one attached hydrogen (secondary N) is 2. The summed E-state index contributed by atoms with van der Waals surface area (Å²) in [7, 11) is 0. The maximum absolute atomic E-state index is 13.3. The molecule has 2 amide bonds. The minimum atomic E-state index is -2.86. The highest BCUT2D eigenvalue weighted by Crippen LogP contribution is 2.35. The van der Waals surface area contributed by atoms with Crippen molar-refractivity contribution in [2.24, 2.45) is 5.92 Å². The van der Waals surface area contributed by atoms with Crippen molar-refractivity contribution in [3.63, 3.8) is 0 Å². The molecule has 0 aromatic carbocycles. The predicted octanol–water partition coefficient (Wildman–Crippen LogP) is 2.97. The fraction of sp³-hybridized carbons (Fsp3) is 0.942. The molecular weight excluding hydrogens is 941 g/mol. The fourth-order valence-corrected chi connectivity index (χ4v) is 9.45. The molecule has 0 aromatic rings. The highest BCUT2D eigenvalue weighted by Gasteiger charge is 2.57. The molecule has 13 N–H and O–H groups in total. The van der Waals surface area contributed by atoms with Crippen LogP contribution in [0, 0.1) is 5.92 Å². The van der Waals surface area contributed by atoms with Gasteiger partial charge >= 0.3 is 5.97 Å². The maximum Gasteiger partial charge on any atom is 0.364 e. The van der Waals surface area contributed by atoms with Gasteiger partial charge in [-0.05, 0) is 18.8 Å². The van der Waals surface area contributed by atoms with Gasteiger partial charge in [-0.2, -0.15) is 0 Å². The van der Waals surface area contributed by atoms with Crippen molar-refractivity contribution < 1.29 is 89.5 Å². The Labute approximate surface area is 428 Å². The first-order chi connectivity index (χ1) is 34.4. The lowest BCUT2D eigenvalue weighted by Crippen LogP contribution is -2.68. The van der Waals surface area contributed by atoms with Crippen molar-refractivity contribution in [3.8, 4) is 0 Å². The van der Waals surface area contributed by atoms with Crippen LogP contribution in [-0.2, 0) is 33.3 Å². The molecule has 2 aliphatic heterocycles. The van der Waals surface area contributed by atoms with Crippen LogP contribution in [0.1, 0.15) is 194 Å². The van der Waals surface area contributed by atoms with Crippen LogP contribution in [0.3, 0.4) is 0 Å². The number of ether oxygens (including phenoxy) is 4. The smallest absolute Gasteiger partial charge is 0.364 e. The summed E-state index contributed by atoms with van der Waals surface area (Å²) in [6, 6.07) is -2.83. The van der Waals surface area contributed by atoms with E-state index in [2.05, 4.69) is 31.4 Å². The highest BCUT2D eigenvalue weighted by atomic mass is 16.7. The molecule has 14 atom stereocenters. The van der Waals surface area contributed by atoms with Gasteiger partial charge in [-0.25, -0.2) is 4.79 Å². The van der Waals surface area contributed by atoms with E-state index in [-0.39, 0.29) is 12.8 Å². The van der Waals surface area contributed by atoms with E-state index in [0.717, 1.165) is 51.4 Å². The largest absolute Gasteiger partial charge is 0.477 e.